The second-order valence-corrected chi connectivity index (χ2v) is 5.45. The molecule has 0 saturated heterocycles. The lowest BCUT2D eigenvalue weighted by atomic mass is 10.3. The second kappa shape index (κ2) is 6.70. The Morgan fingerprint density at radius 1 is 1.04 bits per heavy atom. The molecule has 0 unspecified atom stereocenters. The zero-order valence-corrected chi connectivity index (χ0v) is 13.3. The van der Waals surface area contributed by atoms with E-state index in [1.165, 1.54) is 12.1 Å². The molecule has 2 aromatic carbocycles. The molecule has 0 bridgehead atoms. The Morgan fingerprint density at radius 2 is 1.67 bits per heavy atom. The van der Waals surface area contributed by atoms with E-state index in [0.29, 0.717) is 6.54 Å². The molecule has 0 aliphatic rings. The quantitative estimate of drug-likeness (QED) is 0.783. The van der Waals surface area contributed by atoms with E-state index in [1.807, 2.05) is 31.2 Å². The van der Waals surface area contributed by atoms with E-state index in [-0.39, 0.29) is 30.2 Å². The van der Waals surface area contributed by atoms with Crippen molar-refractivity contribution in [3.05, 3.63) is 64.8 Å². The highest BCUT2D eigenvalue weighted by molar-refractivity contribution is 5.90. The highest BCUT2D eigenvalue weighted by Gasteiger charge is 2.13. The SMILES string of the molecule is CCn1c(=O)n(CCC(=O)Nc2ccccc2F)c2ccccc21. The number of fused-ring (bicyclic) bond motifs is 1. The molecule has 0 atom stereocenters. The Balaban J connectivity index is 1.79. The van der Waals surface area contributed by atoms with Gasteiger partial charge in [-0.25, -0.2) is 9.18 Å². The van der Waals surface area contributed by atoms with Gasteiger partial charge in [0.2, 0.25) is 5.91 Å². The van der Waals surface area contributed by atoms with Crippen molar-refractivity contribution in [1.82, 2.24) is 9.13 Å². The Kier molecular flexibility index (Phi) is 4.46. The third-order valence-electron chi connectivity index (χ3n) is 3.95. The van der Waals surface area contributed by atoms with Gasteiger partial charge in [0, 0.05) is 19.5 Å². The number of nitrogens with one attached hydrogen (secondary N) is 1. The largest absolute Gasteiger partial charge is 0.329 e. The van der Waals surface area contributed by atoms with Crippen molar-refractivity contribution in [1.29, 1.82) is 0 Å². The molecule has 0 radical (unpaired) electrons. The van der Waals surface area contributed by atoms with E-state index >= 15 is 0 Å². The van der Waals surface area contributed by atoms with Gasteiger partial charge < -0.3 is 5.32 Å². The zero-order chi connectivity index (χ0) is 17.1. The number of rotatable bonds is 5. The first-order valence-corrected chi connectivity index (χ1v) is 7.84. The summed E-state index contributed by atoms with van der Waals surface area (Å²) >= 11 is 0. The zero-order valence-electron chi connectivity index (χ0n) is 13.3. The highest BCUT2D eigenvalue weighted by atomic mass is 19.1. The van der Waals surface area contributed by atoms with Crippen LogP contribution in [0.2, 0.25) is 0 Å². The minimum absolute atomic E-state index is 0.0892. The summed E-state index contributed by atoms with van der Waals surface area (Å²) in [7, 11) is 0. The average Bonchev–Trinajstić information content (AvgIpc) is 2.86. The molecule has 0 fully saturated rings. The van der Waals surface area contributed by atoms with Crippen molar-refractivity contribution >= 4 is 22.6 Å². The van der Waals surface area contributed by atoms with E-state index < -0.39 is 5.82 Å². The van der Waals surface area contributed by atoms with Gasteiger partial charge in [-0.05, 0) is 31.2 Å². The number of aromatic nitrogens is 2. The molecule has 0 spiro atoms. The predicted octanol–water partition coefficient (Wildman–Crippen LogP) is 2.99. The lowest BCUT2D eigenvalue weighted by Crippen LogP contribution is -2.25. The van der Waals surface area contributed by atoms with Crippen molar-refractivity contribution < 1.29 is 9.18 Å². The molecule has 1 amide bonds. The number of anilines is 1. The van der Waals surface area contributed by atoms with Crippen LogP contribution in [0.15, 0.2) is 53.3 Å². The lowest BCUT2D eigenvalue weighted by molar-refractivity contribution is -0.116. The predicted molar refractivity (Wildman–Crippen MR) is 91.5 cm³/mol. The highest BCUT2D eigenvalue weighted by Crippen LogP contribution is 2.15. The van der Waals surface area contributed by atoms with Gasteiger partial charge in [-0.1, -0.05) is 24.3 Å². The van der Waals surface area contributed by atoms with Gasteiger partial charge in [-0.15, -0.1) is 0 Å². The van der Waals surface area contributed by atoms with Crippen molar-refractivity contribution in [2.45, 2.75) is 26.4 Å². The average molecular weight is 327 g/mol. The van der Waals surface area contributed by atoms with Crippen molar-refractivity contribution in [3.8, 4) is 0 Å². The number of para-hydroxylation sites is 3. The van der Waals surface area contributed by atoms with Crippen LogP contribution in [0.3, 0.4) is 0 Å². The van der Waals surface area contributed by atoms with Crippen LogP contribution in [0.5, 0.6) is 0 Å². The number of hydrogen-bond donors (Lipinski definition) is 1. The summed E-state index contributed by atoms with van der Waals surface area (Å²) in [5.41, 5.74) is 1.64. The number of hydrogen-bond acceptors (Lipinski definition) is 2. The molecule has 3 rings (SSSR count). The van der Waals surface area contributed by atoms with Crippen LogP contribution in [0.1, 0.15) is 13.3 Å². The molecule has 5 nitrogen and oxygen atoms in total. The molecule has 0 saturated carbocycles. The van der Waals surface area contributed by atoms with Crippen LogP contribution < -0.4 is 11.0 Å². The molecule has 1 heterocycles. The maximum Gasteiger partial charge on any atom is 0.329 e. The van der Waals surface area contributed by atoms with E-state index in [0.717, 1.165) is 11.0 Å². The summed E-state index contributed by atoms with van der Waals surface area (Å²) in [6.45, 7) is 2.71. The molecule has 1 aromatic heterocycles. The smallest absolute Gasteiger partial charge is 0.324 e. The minimum Gasteiger partial charge on any atom is -0.324 e. The molecular weight excluding hydrogens is 309 g/mol. The lowest BCUT2D eigenvalue weighted by Gasteiger charge is -2.07. The molecule has 124 valence electrons. The fraction of sp³-hybridized carbons (Fsp3) is 0.222. The van der Waals surface area contributed by atoms with E-state index in [4.69, 9.17) is 0 Å². The fourth-order valence-electron chi connectivity index (χ4n) is 2.78. The maximum atomic E-state index is 13.6. The number of halogens is 1. The summed E-state index contributed by atoms with van der Waals surface area (Å²) in [5.74, 6) is -0.814. The third-order valence-corrected chi connectivity index (χ3v) is 3.95. The summed E-state index contributed by atoms with van der Waals surface area (Å²) in [6.07, 6.45) is 0.0892. The van der Waals surface area contributed by atoms with Gasteiger partial charge in [-0.3, -0.25) is 13.9 Å². The van der Waals surface area contributed by atoms with Gasteiger partial charge in [0.1, 0.15) is 5.82 Å². The first-order valence-electron chi connectivity index (χ1n) is 7.84. The monoisotopic (exact) mass is 327 g/mol. The van der Waals surface area contributed by atoms with Crippen LogP contribution in [-0.2, 0) is 17.9 Å². The Bertz CT molecular complexity index is 943. The van der Waals surface area contributed by atoms with Crippen LogP contribution in [0.4, 0.5) is 10.1 Å². The molecular formula is C18H18FN3O2. The first-order chi connectivity index (χ1) is 11.6. The second-order valence-electron chi connectivity index (χ2n) is 5.45. The van der Waals surface area contributed by atoms with Crippen LogP contribution >= 0.6 is 0 Å². The number of amides is 1. The van der Waals surface area contributed by atoms with Crippen LogP contribution in [-0.4, -0.2) is 15.0 Å². The van der Waals surface area contributed by atoms with E-state index in [2.05, 4.69) is 5.32 Å². The topological polar surface area (TPSA) is 56.0 Å². The number of nitrogens with zero attached hydrogens (tertiary/aromatic N) is 2. The van der Waals surface area contributed by atoms with Gasteiger partial charge in [0.15, 0.2) is 0 Å². The van der Waals surface area contributed by atoms with Crippen molar-refractivity contribution in [3.63, 3.8) is 0 Å². The van der Waals surface area contributed by atoms with Crippen molar-refractivity contribution in [2.24, 2.45) is 0 Å². The van der Waals surface area contributed by atoms with Gasteiger partial charge in [0.25, 0.3) is 0 Å². The van der Waals surface area contributed by atoms with Crippen LogP contribution in [0.25, 0.3) is 11.0 Å². The standard InChI is InChI=1S/C18H18FN3O2/c1-2-21-15-9-5-6-10-16(15)22(18(21)24)12-11-17(23)20-14-8-4-3-7-13(14)19/h3-10H,2,11-12H2,1H3,(H,20,23). The molecule has 0 aliphatic heterocycles. The summed E-state index contributed by atoms with van der Waals surface area (Å²) in [5, 5.41) is 2.53. The number of carbonyl (C=O) groups is 1. The minimum atomic E-state index is -0.481. The number of aryl methyl sites for hydroxylation is 2. The molecule has 3 aromatic rings. The maximum absolute atomic E-state index is 13.6. The van der Waals surface area contributed by atoms with E-state index in [1.54, 1.807) is 21.3 Å². The van der Waals surface area contributed by atoms with E-state index in [9.17, 15) is 14.0 Å². The number of imidazole rings is 1. The summed E-state index contributed by atoms with van der Waals surface area (Å²) in [4.78, 5) is 24.5. The molecule has 6 heteroatoms. The fourth-order valence-corrected chi connectivity index (χ4v) is 2.78. The Labute approximate surface area is 138 Å². The molecule has 1 N–H and O–H groups in total. The van der Waals surface area contributed by atoms with Gasteiger partial charge in [0.05, 0.1) is 16.7 Å². The van der Waals surface area contributed by atoms with Crippen LogP contribution in [0, 0.1) is 5.82 Å². The summed E-state index contributed by atoms with van der Waals surface area (Å²) < 4.78 is 16.8. The van der Waals surface area contributed by atoms with Gasteiger partial charge in [-0.2, -0.15) is 0 Å². The van der Waals surface area contributed by atoms with Crippen molar-refractivity contribution in [2.75, 3.05) is 5.32 Å². The molecule has 24 heavy (non-hydrogen) atoms. The number of benzene rings is 2. The third kappa shape index (κ3) is 2.95. The molecule has 0 aliphatic carbocycles. The normalized spacial score (nSPS) is 10.9. The Morgan fingerprint density at radius 3 is 2.33 bits per heavy atom. The number of carbonyl (C=O) groups excluding carboxylic acids is 1. The van der Waals surface area contributed by atoms with Gasteiger partial charge >= 0.3 is 5.69 Å². The first kappa shape index (κ1) is 16.0. The summed E-state index contributed by atoms with van der Waals surface area (Å²) in [6, 6.07) is 13.5. The Hall–Kier alpha value is -2.89.